The molecule has 0 spiro atoms. The lowest BCUT2D eigenvalue weighted by molar-refractivity contribution is 0.240. The van der Waals surface area contributed by atoms with E-state index in [-0.39, 0.29) is 6.03 Å². The molecule has 0 atom stereocenters. The van der Waals surface area contributed by atoms with Crippen molar-refractivity contribution in [3.8, 4) is 0 Å². The summed E-state index contributed by atoms with van der Waals surface area (Å²) in [5, 5.41) is 6.26. The van der Waals surface area contributed by atoms with Crippen LogP contribution in [-0.2, 0) is 13.1 Å². The van der Waals surface area contributed by atoms with E-state index in [2.05, 4.69) is 26.6 Å². The van der Waals surface area contributed by atoms with Crippen molar-refractivity contribution in [3.05, 3.63) is 69.2 Å². The second-order valence-corrected chi connectivity index (χ2v) is 5.64. The molecule has 20 heavy (non-hydrogen) atoms. The first kappa shape index (κ1) is 14.9. The Morgan fingerprint density at radius 1 is 1.00 bits per heavy atom. The highest BCUT2D eigenvalue weighted by Crippen LogP contribution is 2.11. The Morgan fingerprint density at radius 2 is 1.65 bits per heavy atom. The Morgan fingerprint density at radius 3 is 2.30 bits per heavy atom. The van der Waals surface area contributed by atoms with Gasteiger partial charge in [0.05, 0.1) is 0 Å². The van der Waals surface area contributed by atoms with Gasteiger partial charge in [-0.25, -0.2) is 4.79 Å². The molecule has 0 unspecified atom stereocenters. The third-order valence-corrected chi connectivity index (χ3v) is 3.47. The Labute approximate surface area is 131 Å². The van der Waals surface area contributed by atoms with Gasteiger partial charge in [-0.15, -0.1) is 0 Å². The van der Waals surface area contributed by atoms with Crippen molar-refractivity contribution in [3.63, 3.8) is 0 Å². The monoisotopic (exact) mass is 352 g/mol. The van der Waals surface area contributed by atoms with Crippen LogP contribution in [0.2, 0.25) is 5.02 Å². The van der Waals surface area contributed by atoms with Crippen LogP contribution < -0.4 is 10.6 Å². The lowest BCUT2D eigenvalue weighted by Crippen LogP contribution is -2.34. The first-order chi connectivity index (χ1) is 9.63. The average Bonchev–Trinajstić information content (AvgIpc) is 2.45. The minimum atomic E-state index is -0.201. The second kappa shape index (κ2) is 7.31. The normalized spacial score (nSPS) is 10.1. The van der Waals surface area contributed by atoms with Gasteiger partial charge in [0.25, 0.3) is 0 Å². The highest BCUT2D eigenvalue weighted by molar-refractivity contribution is 9.10. The Hall–Kier alpha value is -1.52. The summed E-state index contributed by atoms with van der Waals surface area (Å²) in [6.45, 7) is 0.946. The minimum Gasteiger partial charge on any atom is -0.334 e. The number of hydrogen-bond donors (Lipinski definition) is 2. The van der Waals surface area contributed by atoms with Crippen molar-refractivity contribution in [2.45, 2.75) is 13.1 Å². The van der Waals surface area contributed by atoms with Crippen molar-refractivity contribution < 1.29 is 4.79 Å². The minimum absolute atomic E-state index is 0.201. The van der Waals surface area contributed by atoms with E-state index in [1.165, 1.54) is 0 Å². The molecule has 0 bridgehead atoms. The summed E-state index contributed by atoms with van der Waals surface area (Å²) in [5.74, 6) is 0. The molecule has 0 fully saturated rings. The number of hydrogen-bond acceptors (Lipinski definition) is 1. The van der Waals surface area contributed by atoms with Gasteiger partial charge in [0.1, 0.15) is 0 Å². The van der Waals surface area contributed by atoms with Crippen molar-refractivity contribution in [1.82, 2.24) is 10.6 Å². The fraction of sp³-hybridized carbons (Fsp3) is 0.133. The fourth-order valence-electron chi connectivity index (χ4n) is 1.68. The molecule has 2 amide bonds. The Balaban J connectivity index is 1.77. The van der Waals surface area contributed by atoms with Gasteiger partial charge >= 0.3 is 6.03 Å². The second-order valence-electron chi connectivity index (χ2n) is 4.29. The molecule has 2 N–H and O–H groups in total. The molecule has 0 radical (unpaired) electrons. The smallest absolute Gasteiger partial charge is 0.315 e. The first-order valence-electron chi connectivity index (χ1n) is 6.14. The topological polar surface area (TPSA) is 41.1 Å². The van der Waals surface area contributed by atoms with Crippen molar-refractivity contribution >= 4 is 33.6 Å². The van der Waals surface area contributed by atoms with E-state index in [1.807, 2.05) is 42.5 Å². The molecule has 5 heteroatoms. The molecule has 0 aliphatic heterocycles. The summed E-state index contributed by atoms with van der Waals surface area (Å²) in [5.41, 5.74) is 2.02. The fourth-order valence-corrected chi connectivity index (χ4v) is 2.15. The van der Waals surface area contributed by atoms with Gasteiger partial charge in [0, 0.05) is 22.6 Å². The maximum atomic E-state index is 11.7. The number of amides is 2. The maximum absolute atomic E-state index is 11.7. The van der Waals surface area contributed by atoms with Crippen LogP contribution in [0, 0.1) is 0 Å². The molecule has 0 heterocycles. The molecular weight excluding hydrogens is 340 g/mol. The van der Waals surface area contributed by atoms with E-state index >= 15 is 0 Å². The predicted octanol–water partition coefficient (Wildman–Crippen LogP) is 4.10. The summed E-state index contributed by atoms with van der Waals surface area (Å²) in [6.07, 6.45) is 0. The highest BCUT2D eigenvalue weighted by Gasteiger charge is 2.01. The molecular formula is C15H14BrClN2O. The molecule has 3 nitrogen and oxygen atoms in total. The predicted molar refractivity (Wildman–Crippen MR) is 84.7 cm³/mol. The van der Waals surface area contributed by atoms with E-state index in [0.29, 0.717) is 18.1 Å². The van der Waals surface area contributed by atoms with Gasteiger partial charge in [-0.2, -0.15) is 0 Å². The van der Waals surface area contributed by atoms with Crippen LogP contribution in [-0.4, -0.2) is 6.03 Å². The molecule has 0 aliphatic rings. The number of benzene rings is 2. The molecule has 0 aromatic heterocycles. The lowest BCUT2D eigenvalue weighted by atomic mass is 10.2. The zero-order valence-electron chi connectivity index (χ0n) is 10.7. The summed E-state index contributed by atoms with van der Waals surface area (Å²) < 4.78 is 1.02. The van der Waals surface area contributed by atoms with E-state index in [0.717, 1.165) is 15.6 Å². The van der Waals surface area contributed by atoms with Crippen LogP contribution in [0.4, 0.5) is 4.79 Å². The molecule has 104 valence electrons. The SMILES string of the molecule is O=C(NCc1ccc(Br)cc1)NCc1cccc(Cl)c1. The van der Waals surface area contributed by atoms with Crippen molar-refractivity contribution in [2.75, 3.05) is 0 Å². The molecule has 0 saturated carbocycles. The number of rotatable bonds is 4. The number of carbonyl (C=O) groups excluding carboxylic acids is 1. The third-order valence-electron chi connectivity index (χ3n) is 2.71. The molecule has 0 saturated heterocycles. The van der Waals surface area contributed by atoms with Crippen molar-refractivity contribution in [1.29, 1.82) is 0 Å². The van der Waals surface area contributed by atoms with Crippen LogP contribution in [0.5, 0.6) is 0 Å². The number of urea groups is 1. The molecule has 2 aromatic carbocycles. The third kappa shape index (κ3) is 4.87. The van der Waals surface area contributed by atoms with Crippen LogP contribution in [0.15, 0.2) is 53.0 Å². The van der Waals surface area contributed by atoms with Crippen LogP contribution in [0.25, 0.3) is 0 Å². The molecule has 2 aromatic rings. The van der Waals surface area contributed by atoms with Crippen LogP contribution in [0.1, 0.15) is 11.1 Å². The van der Waals surface area contributed by atoms with Gasteiger partial charge in [0.2, 0.25) is 0 Å². The summed E-state index contributed by atoms with van der Waals surface area (Å²) >= 11 is 9.25. The Bertz CT molecular complexity index is 587. The average molecular weight is 354 g/mol. The van der Waals surface area contributed by atoms with E-state index in [4.69, 9.17) is 11.6 Å². The van der Waals surface area contributed by atoms with Gasteiger partial charge in [-0.05, 0) is 35.4 Å². The van der Waals surface area contributed by atoms with Gasteiger partial charge < -0.3 is 10.6 Å². The summed E-state index contributed by atoms with van der Waals surface area (Å²) in [4.78, 5) is 11.7. The largest absolute Gasteiger partial charge is 0.334 e. The summed E-state index contributed by atoms with van der Waals surface area (Å²) in [6, 6.07) is 15.0. The van der Waals surface area contributed by atoms with E-state index in [1.54, 1.807) is 6.07 Å². The first-order valence-corrected chi connectivity index (χ1v) is 7.31. The highest BCUT2D eigenvalue weighted by atomic mass is 79.9. The quantitative estimate of drug-likeness (QED) is 0.853. The van der Waals surface area contributed by atoms with Crippen LogP contribution >= 0.6 is 27.5 Å². The number of nitrogens with one attached hydrogen (secondary N) is 2. The van der Waals surface area contributed by atoms with Crippen LogP contribution in [0.3, 0.4) is 0 Å². The summed E-state index contributed by atoms with van der Waals surface area (Å²) in [7, 11) is 0. The molecule has 2 rings (SSSR count). The van der Waals surface area contributed by atoms with Crippen molar-refractivity contribution in [2.24, 2.45) is 0 Å². The number of carbonyl (C=O) groups is 1. The zero-order valence-corrected chi connectivity index (χ0v) is 13.0. The van der Waals surface area contributed by atoms with Gasteiger partial charge in [0.15, 0.2) is 0 Å². The van der Waals surface area contributed by atoms with E-state index in [9.17, 15) is 4.79 Å². The van der Waals surface area contributed by atoms with Gasteiger partial charge in [-0.1, -0.05) is 51.8 Å². The maximum Gasteiger partial charge on any atom is 0.315 e. The lowest BCUT2D eigenvalue weighted by Gasteiger charge is -2.08. The Kier molecular flexibility index (Phi) is 5.44. The van der Waals surface area contributed by atoms with Gasteiger partial charge in [-0.3, -0.25) is 0 Å². The number of halogens is 2. The standard InChI is InChI=1S/C15H14BrClN2O/c16-13-6-4-11(5-7-13)9-18-15(20)19-10-12-2-1-3-14(17)8-12/h1-8H,9-10H2,(H2,18,19,20). The van der Waals surface area contributed by atoms with E-state index < -0.39 is 0 Å². The molecule has 0 aliphatic carbocycles. The zero-order chi connectivity index (χ0) is 14.4.